The predicted octanol–water partition coefficient (Wildman–Crippen LogP) is 1.18. The second-order valence-electron chi connectivity index (χ2n) is 2.98. The summed E-state index contributed by atoms with van der Waals surface area (Å²) in [5.74, 6) is -0.814. The largest absolute Gasteiger partial charge is 0.481 e. The van der Waals surface area contributed by atoms with Crippen molar-refractivity contribution in [3.63, 3.8) is 0 Å². The van der Waals surface area contributed by atoms with Gasteiger partial charge in [0.25, 0.3) is 0 Å². The van der Waals surface area contributed by atoms with Gasteiger partial charge in [-0.3, -0.25) is 9.89 Å². The fraction of sp³-hybridized carbons (Fsp3) is 0.429. The lowest BCUT2D eigenvalue weighted by molar-refractivity contribution is -0.140. The number of carbonyl (C=O) groups is 1. The number of nitrogens with zero attached hydrogens (tertiary/aromatic N) is 1. The molecule has 0 aliphatic heterocycles. The number of hydrogen-bond acceptors (Lipinski definition) is 2. The minimum atomic E-state index is -0.814. The van der Waals surface area contributed by atoms with Gasteiger partial charge in [-0.05, 0) is 12.8 Å². The van der Waals surface area contributed by atoms with E-state index in [0.29, 0.717) is 23.6 Å². The highest BCUT2D eigenvalue weighted by Crippen LogP contribution is 2.50. The average molecular weight is 187 g/mol. The topological polar surface area (TPSA) is 66.0 Å². The van der Waals surface area contributed by atoms with Crippen molar-refractivity contribution >= 4 is 17.6 Å². The van der Waals surface area contributed by atoms with Crippen LogP contribution in [0.15, 0.2) is 6.20 Å². The molecule has 0 spiro atoms. The minimum absolute atomic E-state index is 0.343. The summed E-state index contributed by atoms with van der Waals surface area (Å²) >= 11 is 5.73. The molecule has 1 heterocycles. The summed E-state index contributed by atoms with van der Waals surface area (Å²) in [4.78, 5) is 10.8. The molecule has 1 fully saturated rings. The van der Waals surface area contributed by atoms with Gasteiger partial charge in [0.1, 0.15) is 5.15 Å². The Hall–Kier alpha value is -1.03. The molecule has 0 atom stereocenters. The summed E-state index contributed by atoms with van der Waals surface area (Å²) in [6.07, 6.45) is 2.80. The van der Waals surface area contributed by atoms with Crippen LogP contribution in [0.2, 0.25) is 5.15 Å². The molecule has 1 saturated carbocycles. The Morgan fingerprint density at radius 2 is 2.42 bits per heavy atom. The number of H-pyrrole nitrogens is 1. The molecule has 0 radical (unpaired) electrons. The molecule has 2 rings (SSSR count). The van der Waals surface area contributed by atoms with Gasteiger partial charge in [-0.1, -0.05) is 11.6 Å². The minimum Gasteiger partial charge on any atom is -0.481 e. The quantitative estimate of drug-likeness (QED) is 0.729. The zero-order valence-electron chi connectivity index (χ0n) is 6.17. The molecular formula is C7H7ClN2O2. The molecule has 0 saturated heterocycles. The molecule has 1 aliphatic carbocycles. The van der Waals surface area contributed by atoms with Crippen molar-refractivity contribution in [2.75, 3.05) is 0 Å². The Morgan fingerprint density at radius 3 is 2.75 bits per heavy atom. The molecule has 0 unspecified atom stereocenters. The molecule has 0 aromatic carbocycles. The van der Waals surface area contributed by atoms with E-state index in [9.17, 15) is 4.79 Å². The first-order chi connectivity index (χ1) is 5.67. The third-order valence-electron chi connectivity index (χ3n) is 2.27. The van der Waals surface area contributed by atoms with Gasteiger partial charge >= 0.3 is 5.97 Å². The number of rotatable bonds is 2. The molecule has 0 amide bonds. The molecule has 12 heavy (non-hydrogen) atoms. The van der Waals surface area contributed by atoms with Gasteiger partial charge in [0.05, 0.1) is 11.6 Å². The van der Waals surface area contributed by atoms with Crippen LogP contribution in [0.3, 0.4) is 0 Å². The average Bonchev–Trinajstić information content (AvgIpc) is 2.71. The number of hydrogen-bond donors (Lipinski definition) is 2. The maximum Gasteiger partial charge on any atom is 0.314 e. The van der Waals surface area contributed by atoms with E-state index in [1.165, 1.54) is 6.20 Å². The number of halogens is 1. The van der Waals surface area contributed by atoms with Crippen LogP contribution in [0.1, 0.15) is 18.4 Å². The highest BCUT2D eigenvalue weighted by molar-refractivity contribution is 6.30. The van der Waals surface area contributed by atoms with Gasteiger partial charge in [0.2, 0.25) is 0 Å². The smallest absolute Gasteiger partial charge is 0.314 e. The molecular weight excluding hydrogens is 180 g/mol. The fourth-order valence-electron chi connectivity index (χ4n) is 1.33. The Morgan fingerprint density at radius 1 is 1.75 bits per heavy atom. The first-order valence-electron chi connectivity index (χ1n) is 3.59. The van der Waals surface area contributed by atoms with Gasteiger partial charge in [-0.25, -0.2) is 0 Å². The van der Waals surface area contributed by atoms with E-state index < -0.39 is 11.4 Å². The summed E-state index contributed by atoms with van der Waals surface area (Å²) in [6, 6.07) is 0. The van der Waals surface area contributed by atoms with Gasteiger partial charge in [0, 0.05) is 5.56 Å². The number of aliphatic carboxylic acids is 1. The summed E-state index contributed by atoms with van der Waals surface area (Å²) in [6.45, 7) is 0. The Balaban J connectivity index is 2.43. The lowest BCUT2D eigenvalue weighted by Gasteiger charge is -2.05. The monoisotopic (exact) mass is 186 g/mol. The summed E-state index contributed by atoms with van der Waals surface area (Å²) < 4.78 is 0. The number of aromatic nitrogens is 2. The van der Waals surface area contributed by atoms with E-state index in [2.05, 4.69) is 10.2 Å². The van der Waals surface area contributed by atoms with Crippen molar-refractivity contribution in [3.05, 3.63) is 16.9 Å². The van der Waals surface area contributed by atoms with E-state index >= 15 is 0 Å². The van der Waals surface area contributed by atoms with Crippen molar-refractivity contribution < 1.29 is 9.90 Å². The maximum absolute atomic E-state index is 10.8. The third kappa shape index (κ3) is 0.845. The third-order valence-corrected chi connectivity index (χ3v) is 2.56. The molecule has 64 valence electrons. The van der Waals surface area contributed by atoms with E-state index in [0.717, 1.165) is 0 Å². The van der Waals surface area contributed by atoms with Crippen LogP contribution in [0, 0.1) is 0 Å². The van der Waals surface area contributed by atoms with Crippen LogP contribution in [0.25, 0.3) is 0 Å². The maximum atomic E-state index is 10.8. The standard InChI is InChI=1S/C7H7ClN2O2/c8-5-4(3-9-10-5)7(1-2-7)6(11)12/h3H,1-2H2,(H,9,10)(H,11,12). The van der Waals surface area contributed by atoms with E-state index in [1.807, 2.05) is 0 Å². The highest BCUT2D eigenvalue weighted by Gasteiger charge is 2.53. The van der Waals surface area contributed by atoms with Gasteiger partial charge in [-0.15, -0.1) is 0 Å². The molecule has 1 aliphatic rings. The highest BCUT2D eigenvalue weighted by atomic mass is 35.5. The second-order valence-corrected chi connectivity index (χ2v) is 3.36. The zero-order chi connectivity index (χ0) is 8.77. The normalized spacial score (nSPS) is 19.1. The summed E-state index contributed by atoms with van der Waals surface area (Å²) in [5.41, 5.74) is -0.138. The number of nitrogens with one attached hydrogen (secondary N) is 1. The second kappa shape index (κ2) is 2.23. The lowest BCUT2D eigenvalue weighted by atomic mass is 10.0. The predicted molar refractivity (Wildman–Crippen MR) is 42.1 cm³/mol. The number of carboxylic acids is 1. The van der Waals surface area contributed by atoms with E-state index in [4.69, 9.17) is 16.7 Å². The van der Waals surface area contributed by atoms with Crippen LogP contribution in [-0.4, -0.2) is 21.3 Å². The van der Waals surface area contributed by atoms with Crippen molar-refractivity contribution in [2.45, 2.75) is 18.3 Å². The van der Waals surface area contributed by atoms with Crippen molar-refractivity contribution in [1.29, 1.82) is 0 Å². The van der Waals surface area contributed by atoms with E-state index in [-0.39, 0.29) is 0 Å². The lowest BCUT2D eigenvalue weighted by Crippen LogP contribution is -2.19. The van der Waals surface area contributed by atoms with Crippen LogP contribution >= 0.6 is 11.6 Å². The number of carboxylic acid groups (broad SMARTS) is 1. The molecule has 0 bridgehead atoms. The van der Waals surface area contributed by atoms with Crippen LogP contribution < -0.4 is 0 Å². The fourth-order valence-corrected chi connectivity index (χ4v) is 1.61. The first-order valence-corrected chi connectivity index (χ1v) is 3.97. The Kier molecular flexibility index (Phi) is 1.41. The molecule has 1 aromatic heterocycles. The van der Waals surface area contributed by atoms with Gasteiger partial charge in [0.15, 0.2) is 0 Å². The Labute approximate surface area is 73.5 Å². The van der Waals surface area contributed by atoms with Crippen molar-refractivity contribution in [3.8, 4) is 0 Å². The summed E-state index contributed by atoms with van der Waals surface area (Å²) in [7, 11) is 0. The first kappa shape index (κ1) is 7.61. The van der Waals surface area contributed by atoms with Crippen molar-refractivity contribution in [2.24, 2.45) is 0 Å². The van der Waals surface area contributed by atoms with Crippen LogP contribution in [0.4, 0.5) is 0 Å². The van der Waals surface area contributed by atoms with Gasteiger partial charge < -0.3 is 5.11 Å². The zero-order valence-corrected chi connectivity index (χ0v) is 6.93. The van der Waals surface area contributed by atoms with Crippen molar-refractivity contribution in [1.82, 2.24) is 10.2 Å². The SMILES string of the molecule is O=C(O)C1(c2cn[nH]c2Cl)CC1. The molecule has 4 nitrogen and oxygen atoms in total. The van der Waals surface area contributed by atoms with E-state index in [1.54, 1.807) is 0 Å². The number of aromatic amines is 1. The van der Waals surface area contributed by atoms with Crippen LogP contribution in [-0.2, 0) is 10.2 Å². The molecule has 2 N–H and O–H groups in total. The molecule has 1 aromatic rings. The Bertz CT molecular complexity index is 330. The van der Waals surface area contributed by atoms with Crippen LogP contribution in [0.5, 0.6) is 0 Å². The summed E-state index contributed by atoms with van der Waals surface area (Å²) in [5, 5.41) is 15.5. The molecule has 5 heteroatoms. The van der Waals surface area contributed by atoms with Gasteiger partial charge in [-0.2, -0.15) is 5.10 Å².